The lowest BCUT2D eigenvalue weighted by Gasteiger charge is -2.18. The molecule has 0 atom stereocenters. The molecule has 2 N–H and O–H groups in total. The maximum Gasteiger partial charge on any atom is 0.341 e. The van der Waals surface area contributed by atoms with Crippen LogP contribution in [0.2, 0.25) is 0 Å². The standard InChI is InChI=1S/C10H16N4O3/c1-6-8(10(16)17)9(14(4)12-6)13(3)5-7(15)11-2/h5H2,1-4H3,(H,11,15)(H,16,17). The van der Waals surface area contributed by atoms with Crippen LogP contribution >= 0.6 is 0 Å². The molecule has 7 heteroatoms. The van der Waals surface area contributed by atoms with Gasteiger partial charge in [0.15, 0.2) is 0 Å². The summed E-state index contributed by atoms with van der Waals surface area (Å²) in [5.74, 6) is -0.823. The van der Waals surface area contributed by atoms with Crippen LogP contribution in [0, 0.1) is 6.92 Å². The molecule has 0 saturated heterocycles. The zero-order valence-corrected chi connectivity index (χ0v) is 10.3. The van der Waals surface area contributed by atoms with Crippen LogP contribution in [-0.2, 0) is 11.8 Å². The van der Waals surface area contributed by atoms with Crippen molar-refractivity contribution >= 4 is 17.7 Å². The smallest absolute Gasteiger partial charge is 0.341 e. The highest BCUT2D eigenvalue weighted by molar-refractivity contribution is 5.95. The lowest BCUT2D eigenvalue weighted by atomic mass is 10.2. The van der Waals surface area contributed by atoms with E-state index in [0.29, 0.717) is 11.5 Å². The molecule has 1 amide bonds. The van der Waals surface area contributed by atoms with Crippen LogP contribution in [0.25, 0.3) is 0 Å². The van der Waals surface area contributed by atoms with Crippen LogP contribution in [0.15, 0.2) is 0 Å². The molecule has 1 aromatic rings. The molecule has 7 nitrogen and oxygen atoms in total. The summed E-state index contributed by atoms with van der Waals surface area (Å²) in [6.07, 6.45) is 0. The van der Waals surface area contributed by atoms with Crippen LogP contribution in [0.1, 0.15) is 16.1 Å². The van der Waals surface area contributed by atoms with Crippen molar-refractivity contribution in [2.75, 3.05) is 25.5 Å². The minimum absolute atomic E-state index is 0.0791. The van der Waals surface area contributed by atoms with Crippen LogP contribution < -0.4 is 10.2 Å². The number of aromatic nitrogens is 2. The quantitative estimate of drug-likeness (QED) is 0.748. The van der Waals surface area contributed by atoms with E-state index in [9.17, 15) is 9.59 Å². The summed E-state index contributed by atoms with van der Waals surface area (Å²) in [5.41, 5.74) is 0.553. The maximum absolute atomic E-state index is 11.3. The van der Waals surface area contributed by atoms with Gasteiger partial charge >= 0.3 is 5.97 Å². The van der Waals surface area contributed by atoms with Crippen molar-refractivity contribution < 1.29 is 14.7 Å². The van der Waals surface area contributed by atoms with Gasteiger partial charge in [0.25, 0.3) is 0 Å². The fraction of sp³-hybridized carbons (Fsp3) is 0.500. The topological polar surface area (TPSA) is 87.5 Å². The first-order valence-corrected chi connectivity index (χ1v) is 5.07. The Morgan fingerprint density at radius 3 is 2.59 bits per heavy atom. The average molecular weight is 240 g/mol. The molecule has 0 bridgehead atoms. The van der Waals surface area contributed by atoms with E-state index in [4.69, 9.17) is 5.11 Å². The van der Waals surface area contributed by atoms with Gasteiger partial charge in [-0.3, -0.25) is 9.48 Å². The number of carbonyl (C=O) groups excluding carboxylic acids is 1. The van der Waals surface area contributed by atoms with Gasteiger partial charge in [-0.05, 0) is 6.92 Å². The monoisotopic (exact) mass is 240 g/mol. The number of hydrogen-bond acceptors (Lipinski definition) is 4. The van der Waals surface area contributed by atoms with E-state index in [1.54, 1.807) is 25.9 Å². The predicted molar refractivity (Wildman–Crippen MR) is 62.2 cm³/mol. The lowest BCUT2D eigenvalue weighted by molar-refractivity contribution is -0.119. The third-order valence-corrected chi connectivity index (χ3v) is 2.43. The Bertz CT molecular complexity index is 453. The van der Waals surface area contributed by atoms with Crippen LogP contribution in [0.3, 0.4) is 0 Å². The average Bonchev–Trinajstić information content (AvgIpc) is 2.53. The van der Waals surface area contributed by atoms with E-state index in [1.807, 2.05) is 0 Å². The van der Waals surface area contributed by atoms with Crippen molar-refractivity contribution in [1.82, 2.24) is 15.1 Å². The van der Waals surface area contributed by atoms with E-state index >= 15 is 0 Å². The molecule has 0 saturated carbocycles. The molecule has 0 spiro atoms. The first-order valence-electron chi connectivity index (χ1n) is 5.07. The number of hydrogen-bond donors (Lipinski definition) is 2. The number of likely N-dealkylation sites (N-methyl/N-ethyl adjacent to an activating group) is 2. The second-order valence-corrected chi connectivity index (χ2v) is 3.74. The zero-order valence-electron chi connectivity index (χ0n) is 10.3. The third kappa shape index (κ3) is 2.55. The van der Waals surface area contributed by atoms with Crippen molar-refractivity contribution in [3.05, 3.63) is 11.3 Å². The fourth-order valence-corrected chi connectivity index (χ4v) is 1.70. The highest BCUT2D eigenvalue weighted by Gasteiger charge is 2.23. The summed E-state index contributed by atoms with van der Waals surface area (Å²) in [6, 6.07) is 0. The summed E-state index contributed by atoms with van der Waals surface area (Å²) in [5, 5.41) is 15.7. The van der Waals surface area contributed by atoms with Crippen molar-refractivity contribution in [3.8, 4) is 0 Å². The molecule has 17 heavy (non-hydrogen) atoms. The number of aromatic carboxylic acids is 1. The Labute approximate surface area is 99.0 Å². The van der Waals surface area contributed by atoms with Crippen molar-refractivity contribution in [3.63, 3.8) is 0 Å². The van der Waals surface area contributed by atoms with Gasteiger partial charge in [0, 0.05) is 21.1 Å². The molecule has 94 valence electrons. The molecule has 1 rings (SSSR count). The van der Waals surface area contributed by atoms with Crippen molar-refractivity contribution in [2.45, 2.75) is 6.92 Å². The summed E-state index contributed by atoms with van der Waals surface area (Å²) >= 11 is 0. The molecular weight excluding hydrogens is 224 g/mol. The summed E-state index contributed by atoms with van der Waals surface area (Å²) in [6.45, 7) is 1.70. The van der Waals surface area contributed by atoms with Gasteiger partial charge in [-0.25, -0.2) is 4.79 Å². The summed E-state index contributed by atoms with van der Waals surface area (Å²) in [4.78, 5) is 24.0. The van der Waals surface area contributed by atoms with Gasteiger partial charge in [-0.15, -0.1) is 0 Å². The van der Waals surface area contributed by atoms with E-state index in [2.05, 4.69) is 10.4 Å². The third-order valence-electron chi connectivity index (χ3n) is 2.43. The number of nitrogens with one attached hydrogen (secondary N) is 1. The summed E-state index contributed by atoms with van der Waals surface area (Å²) < 4.78 is 1.46. The fourth-order valence-electron chi connectivity index (χ4n) is 1.70. The number of carbonyl (C=O) groups is 2. The number of anilines is 1. The van der Waals surface area contributed by atoms with E-state index < -0.39 is 5.97 Å². The molecule has 1 heterocycles. The molecule has 0 aromatic carbocycles. The first kappa shape index (κ1) is 13.0. The normalized spacial score (nSPS) is 10.1. The Kier molecular flexibility index (Phi) is 3.72. The number of rotatable bonds is 4. The van der Waals surface area contributed by atoms with E-state index in [0.717, 1.165) is 0 Å². The molecule has 0 aliphatic carbocycles. The Morgan fingerprint density at radius 2 is 2.12 bits per heavy atom. The largest absolute Gasteiger partial charge is 0.477 e. The summed E-state index contributed by atoms with van der Waals surface area (Å²) in [7, 11) is 4.83. The SMILES string of the molecule is CNC(=O)CN(C)c1c(C(=O)O)c(C)nn1C. The Balaban J connectivity index is 3.12. The van der Waals surface area contributed by atoms with Crippen molar-refractivity contribution in [1.29, 1.82) is 0 Å². The minimum Gasteiger partial charge on any atom is -0.477 e. The molecule has 0 aliphatic rings. The first-order chi connectivity index (χ1) is 7.88. The van der Waals surface area contributed by atoms with Gasteiger partial charge in [0.1, 0.15) is 11.4 Å². The van der Waals surface area contributed by atoms with Crippen LogP contribution in [-0.4, -0.2) is 47.4 Å². The number of aryl methyl sites for hydroxylation is 2. The van der Waals surface area contributed by atoms with E-state index in [1.165, 1.54) is 11.7 Å². The second kappa shape index (κ2) is 4.86. The molecular formula is C10H16N4O3. The molecule has 0 fully saturated rings. The van der Waals surface area contributed by atoms with Crippen LogP contribution in [0.5, 0.6) is 0 Å². The molecule has 0 radical (unpaired) electrons. The van der Waals surface area contributed by atoms with Gasteiger partial charge < -0.3 is 15.3 Å². The molecule has 0 unspecified atom stereocenters. The number of carboxylic acid groups (broad SMARTS) is 1. The molecule has 0 aliphatic heterocycles. The highest BCUT2D eigenvalue weighted by atomic mass is 16.4. The number of amides is 1. The number of nitrogens with zero attached hydrogens (tertiary/aromatic N) is 3. The van der Waals surface area contributed by atoms with Gasteiger partial charge in [0.05, 0.1) is 12.2 Å². The number of carboxylic acids is 1. The maximum atomic E-state index is 11.3. The predicted octanol–water partition coefficient (Wildman–Crippen LogP) is -0.391. The Hall–Kier alpha value is -2.05. The van der Waals surface area contributed by atoms with Gasteiger partial charge in [-0.1, -0.05) is 0 Å². The van der Waals surface area contributed by atoms with E-state index in [-0.39, 0.29) is 18.0 Å². The molecule has 1 aromatic heterocycles. The minimum atomic E-state index is -1.05. The van der Waals surface area contributed by atoms with Crippen LogP contribution in [0.4, 0.5) is 5.82 Å². The van der Waals surface area contributed by atoms with Crippen molar-refractivity contribution in [2.24, 2.45) is 7.05 Å². The van der Waals surface area contributed by atoms with Gasteiger partial charge in [0.2, 0.25) is 5.91 Å². The Morgan fingerprint density at radius 1 is 1.53 bits per heavy atom. The zero-order chi connectivity index (χ0) is 13.2. The highest BCUT2D eigenvalue weighted by Crippen LogP contribution is 2.21. The second-order valence-electron chi connectivity index (χ2n) is 3.74. The lowest BCUT2D eigenvalue weighted by Crippen LogP contribution is -2.34. The van der Waals surface area contributed by atoms with Gasteiger partial charge in [-0.2, -0.15) is 5.10 Å².